The lowest BCUT2D eigenvalue weighted by Crippen LogP contribution is -2.21. The topological polar surface area (TPSA) is 58.6 Å². The molecule has 2 N–H and O–H groups in total. The van der Waals surface area contributed by atoms with E-state index < -0.39 is 0 Å². The molecule has 0 saturated carbocycles. The maximum Gasteiger partial charge on any atom is 0.207 e. The summed E-state index contributed by atoms with van der Waals surface area (Å²) in [4.78, 5) is 11.0. The molecule has 3 atom stereocenters. The highest BCUT2D eigenvalue weighted by molar-refractivity contribution is 5.51. The molecule has 44 heavy (non-hydrogen) atoms. The maximum atomic E-state index is 11.0. The lowest BCUT2D eigenvalue weighted by Gasteiger charge is -2.20. The van der Waals surface area contributed by atoms with Crippen molar-refractivity contribution in [2.45, 2.75) is 139 Å². The van der Waals surface area contributed by atoms with Gasteiger partial charge in [-0.2, -0.15) is 0 Å². The minimum Gasteiger partial charge on any atom is -0.496 e. The second-order valence-corrected chi connectivity index (χ2v) is 11.0. The molecule has 4 nitrogen and oxygen atoms in total. The highest BCUT2D eigenvalue weighted by Crippen LogP contribution is 2.29. The average Bonchev–Trinajstić information content (AvgIpc) is 3.06. The Hall–Kier alpha value is -2.85. The second kappa shape index (κ2) is 28.9. The van der Waals surface area contributed by atoms with Crippen molar-refractivity contribution >= 4 is 6.41 Å². The average molecular weight is 610 g/mol. The van der Waals surface area contributed by atoms with Crippen LogP contribution in [0.25, 0.3) is 0 Å². The summed E-state index contributed by atoms with van der Waals surface area (Å²) in [7, 11) is 1.61. The molecule has 0 bridgehead atoms. The van der Waals surface area contributed by atoms with Gasteiger partial charge in [0.1, 0.15) is 5.75 Å². The molecule has 3 unspecified atom stereocenters. The van der Waals surface area contributed by atoms with Gasteiger partial charge in [-0.25, -0.2) is 0 Å². The largest absolute Gasteiger partial charge is 0.496 e. The van der Waals surface area contributed by atoms with Crippen LogP contribution in [-0.2, 0) is 11.4 Å². The number of carbonyl (C=O) groups is 1. The van der Waals surface area contributed by atoms with E-state index in [1.54, 1.807) is 7.11 Å². The molecule has 0 radical (unpaired) electrons. The second-order valence-electron chi connectivity index (χ2n) is 11.0. The Kier molecular flexibility index (Phi) is 28.4. The number of aryl methyl sites for hydroxylation is 1. The Morgan fingerprint density at radius 3 is 1.98 bits per heavy atom. The van der Waals surface area contributed by atoms with Crippen molar-refractivity contribution in [1.29, 1.82) is 0 Å². The van der Waals surface area contributed by atoms with Crippen molar-refractivity contribution in [1.82, 2.24) is 5.32 Å². The summed E-state index contributed by atoms with van der Waals surface area (Å²) in [6.45, 7) is 21.3. The van der Waals surface area contributed by atoms with E-state index in [0.717, 1.165) is 40.3 Å². The zero-order valence-electron chi connectivity index (χ0n) is 30.2. The number of methoxy groups -OCH3 is 1. The number of amides is 1. The molecule has 0 aliphatic rings. The van der Waals surface area contributed by atoms with Gasteiger partial charge in [0.05, 0.1) is 19.8 Å². The first-order valence-electron chi connectivity index (χ1n) is 17.1. The third-order valence-electron chi connectivity index (χ3n) is 7.74. The predicted octanol–water partition coefficient (Wildman–Crippen LogP) is 11.4. The van der Waals surface area contributed by atoms with Crippen molar-refractivity contribution in [3.63, 3.8) is 0 Å². The molecule has 0 aliphatic carbocycles. The Morgan fingerprint density at radius 1 is 0.909 bits per heavy atom. The van der Waals surface area contributed by atoms with E-state index in [0.29, 0.717) is 5.92 Å². The normalized spacial score (nSPS) is 12.8. The van der Waals surface area contributed by atoms with Crippen molar-refractivity contribution in [3.05, 3.63) is 88.5 Å². The first kappa shape index (κ1) is 43.3. The van der Waals surface area contributed by atoms with Crippen LogP contribution in [0.1, 0.15) is 148 Å². The number of unbranched alkanes of at least 4 members (excludes halogenated alkanes) is 2. The van der Waals surface area contributed by atoms with Crippen molar-refractivity contribution in [3.8, 4) is 5.75 Å². The summed E-state index contributed by atoms with van der Waals surface area (Å²) in [6, 6.07) is 14.4. The van der Waals surface area contributed by atoms with Crippen LogP contribution >= 0.6 is 0 Å². The molecule has 0 saturated heterocycles. The summed E-state index contributed by atoms with van der Waals surface area (Å²) >= 11 is 0. The van der Waals surface area contributed by atoms with Gasteiger partial charge in [0.2, 0.25) is 6.41 Å². The summed E-state index contributed by atoms with van der Waals surface area (Å²) < 4.78 is 5.06. The van der Waals surface area contributed by atoms with Crippen LogP contribution in [0.3, 0.4) is 0 Å². The van der Waals surface area contributed by atoms with Crippen molar-refractivity contribution in [2.24, 2.45) is 5.92 Å². The number of carbonyl (C=O) groups excluding carboxylic acids is 1. The van der Waals surface area contributed by atoms with E-state index in [4.69, 9.17) is 9.84 Å². The fourth-order valence-electron chi connectivity index (χ4n) is 4.89. The number of nitrogens with one attached hydrogen (secondary N) is 1. The van der Waals surface area contributed by atoms with E-state index in [2.05, 4.69) is 76.4 Å². The molecule has 0 fully saturated rings. The number of benzene rings is 2. The minimum atomic E-state index is -0.0853. The molecular formula is C40H67NO3. The molecule has 2 rings (SSSR count). The Labute approximate surface area is 272 Å². The molecule has 250 valence electrons. The van der Waals surface area contributed by atoms with E-state index in [1.165, 1.54) is 56.9 Å². The van der Waals surface area contributed by atoms with Crippen molar-refractivity contribution < 1.29 is 14.6 Å². The SMILES string of the molecule is C/C=C\C(=C/C)C(NC=O)c1ccc(C(CC)CCCCC)cc1.CC.CCCC(C)CC.COc1cc(C)ccc1CO. The zero-order chi connectivity index (χ0) is 33.8. The number of rotatable bonds is 16. The molecule has 0 heterocycles. The first-order valence-corrected chi connectivity index (χ1v) is 17.1. The quantitative estimate of drug-likeness (QED) is 0.113. The van der Waals surface area contributed by atoms with E-state index >= 15 is 0 Å². The number of aliphatic hydroxyl groups excluding tert-OH is 1. The van der Waals surface area contributed by atoms with Gasteiger partial charge in [-0.1, -0.05) is 142 Å². The van der Waals surface area contributed by atoms with E-state index in [9.17, 15) is 4.79 Å². The van der Waals surface area contributed by atoms with Crippen LogP contribution in [0.2, 0.25) is 0 Å². The van der Waals surface area contributed by atoms with Crippen molar-refractivity contribution in [2.75, 3.05) is 7.11 Å². The van der Waals surface area contributed by atoms with Crippen LogP contribution in [0.15, 0.2) is 66.3 Å². The van der Waals surface area contributed by atoms with Gasteiger partial charge < -0.3 is 15.2 Å². The predicted molar refractivity (Wildman–Crippen MR) is 193 cm³/mol. The Balaban J connectivity index is 0. The standard InChI is InChI=1S/C22H33NO.C9H12O2.C7H16.C2H6/c1-5-9-10-12-18(7-3)20-13-15-21(16-14-20)22(23-17-24)19(8-4)11-6-2;1-7-3-4-8(6-10)9(5-7)11-2;1-4-6-7(3)5-2;1-2/h6,8,11,13-18,22H,5,7,9-10,12H2,1-4H3,(H,23,24);3-5,10H,6H2,1-2H3;7H,4-6H2,1-3H3;1-2H3/b11-6-,19-8+;;;. The van der Waals surface area contributed by atoms with Gasteiger partial charge >= 0.3 is 0 Å². The van der Waals surface area contributed by atoms with Crippen LogP contribution in [0, 0.1) is 12.8 Å². The summed E-state index contributed by atoms with van der Waals surface area (Å²) in [5, 5.41) is 11.8. The van der Waals surface area contributed by atoms with E-state index in [1.807, 2.05) is 58.9 Å². The van der Waals surface area contributed by atoms with Gasteiger partial charge in [0.15, 0.2) is 0 Å². The fraction of sp³-hybridized carbons (Fsp3) is 0.575. The molecule has 0 spiro atoms. The van der Waals surface area contributed by atoms with Crippen LogP contribution in [0.5, 0.6) is 5.75 Å². The first-order chi connectivity index (χ1) is 21.3. The molecule has 4 heteroatoms. The monoisotopic (exact) mass is 610 g/mol. The van der Waals surface area contributed by atoms with Gasteiger partial charge in [-0.15, -0.1) is 0 Å². The third-order valence-corrected chi connectivity index (χ3v) is 7.74. The fourth-order valence-corrected chi connectivity index (χ4v) is 4.89. The highest BCUT2D eigenvalue weighted by atomic mass is 16.5. The smallest absolute Gasteiger partial charge is 0.207 e. The molecule has 0 aliphatic heterocycles. The Bertz CT molecular complexity index is 1010. The van der Waals surface area contributed by atoms with Crippen LogP contribution < -0.4 is 10.1 Å². The Morgan fingerprint density at radius 2 is 1.55 bits per heavy atom. The number of allylic oxidation sites excluding steroid dienone is 2. The lowest BCUT2D eigenvalue weighted by molar-refractivity contribution is -0.110. The van der Waals surface area contributed by atoms with Crippen LogP contribution in [0.4, 0.5) is 0 Å². The molecule has 2 aromatic carbocycles. The minimum absolute atomic E-state index is 0.0312. The summed E-state index contributed by atoms with van der Waals surface area (Å²) in [5.74, 6) is 2.34. The maximum absolute atomic E-state index is 11.0. The number of aliphatic hydroxyl groups is 1. The lowest BCUT2D eigenvalue weighted by atomic mass is 9.89. The zero-order valence-corrected chi connectivity index (χ0v) is 30.2. The van der Waals surface area contributed by atoms with E-state index in [-0.39, 0.29) is 12.6 Å². The summed E-state index contributed by atoms with van der Waals surface area (Å²) in [6.07, 6.45) is 17.3. The number of ether oxygens (including phenoxy) is 1. The van der Waals surface area contributed by atoms with Crippen LogP contribution in [-0.4, -0.2) is 18.6 Å². The molecule has 2 aromatic rings. The number of hydrogen-bond donors (Lipinski definition) is 2. The third kappa shape index (κ3) is 18.1. The summed E-state index contributed by atoms with van der Waals surface area (Å²) in [5.41, 5.74) is 5.61. The number of hydrogen-bond acceptors (Lipinski definition) is 3. The van der Waals surface area contributed by atoms with Gasteiger partial charge in [-0.3, -0.25) is 4.79 Å². The van der Waals surface area contributed by atoms with Gasteiger partial charge in [-0.05, 0) is 73.8 Å². The van der Waals surface area contributed by atoms with Gasteiger partial charge in [0, 0.05) is 5.56 Å². The molecule has 0 aromatic heterocycles. The highest BCUT2D eigenvalue weighted by Gasteiger charge is 2.15. The molecular weight excluding hydrogens is 542 g/mol. The molecule has 1 amide bonds. The van der Waals surface area contributed by atoms with Gasteiger partial charge in [0.25, 0.3) is 0 Å².